The highest BCUT2D eigenvalue weighted by Gasteiger charge is 2.15. The summed E-state index contributed by atoms with van der Waals surface area (Å²) in [6.07, 6.45) is 1.33. The van der Waals surface area contributed by atoms with Crippen LogP contribution in [-0.2, 0) is 0 Å². The normalized spacial score (nSPS) is 10.8. The van der Waals surface area contributed by atoms with Gasteiger partial charge in [-0.2, -0.15) is 5.10 Å². The molecule has 2 aromatic heterocycles. The minimum atomic E-state index is -0.588. The van der Waals surface area contributed by atoms with Crippen molar-refractivity contribution in [3.8, 4) is 5.82 Å². The van der Waals surface area contributed by atoms with E-state index in [1.54, 1.807) is 12.1 Å². The Morgan fingerprint density at radius 2 is 2.05 bits per heavy atom. The Hall–Kier alpha value is -2.47. The van der Waals surface area contributed by atoms with Gasteiger partial charge in [-0.15, -0.1) is 0 Å². The molecule has 1 amide bonds. The molecule has 19 heavy (non-hydrogen) atoms. The molecule has 0 aliphatic carbocycles. The Morgan fingerprint density at radius 3 is 2.79 bits per heavy atom. The van der Waals surface area contributed by atoms with E-state index in [-0.39, 0.29) is 5.69 Å². The number of halogens is 1. The fourth-order valence-corrected chi connectivity index (χ4v) is 2.00. The Kier molecular flexibility index (Phi) is 2.64. The summed E-state index contributed by atoms with van der Waals surface area (Å²) in [7, 11) is 0. The van der Waals surface area contributed by atoms with Gasteiger partial charge in [-0.05, 0) is 6.07 Å². The van der Waals surface area contributed by atoms with Crippen molar-refractivity contribution in [1.29, 1.82) is 0 Å². The predicted molar refractivity (Wildman–Crippen MR) is 70.2 cm³/mol. The molecule has 2 heterocycles. The summed E-state index contributed by atoms with van der Waals surface area (Å²) in [6.45, 7) is 0. The molecule has 0 aliphatic heterocycles. The van der Waals surface area contributed by atoms with Crippen molar-refractivity contribution in [2.45, 2.75) is 0 Å². The Morgan fingerprint density at radius 1 is 1.26 bits per heavy atom. The van der Waals surface area contributed by atoms with Crippen molar-refractivity contribution in [3.05, 3.63) is 47.5 Å². The van der Waals surface area contributed by atoms with E-state index in [1.807, 2.05) is 18.2 Å². The van der Waals surface area contributed by atoms with Gasteiger partial charge in [0.25, 0.3) is 5.91 Å². The maximum atomic E-state index is 11.4. The predicted octanol–water partition coefficient (Wildman–Crippen LogP) is 1.57. The second kappa shape index (κ2) is 4.33. The zero-order valence-corrected chi connectivity index (χ0v) is 10.4. The molecule has 0 bridgehead atoms. The number of para-hydroxylation sites is 1. The topological polar surface area (TPSA) is 86.7 Å². The molecule has 3 aromatic rings. The monoisotopic (exact) mass is 273 g/mol. The molecule has 0 spiro atoms. The van der Waals surface area contributed by atoms with Crippen LogP contribution >= 0.6 is 11.6 Å². The SMILES string of the molecule is NC(=O)c1nn(-c2cc(Cl)ncn2)c2ccccc12. The summed E-state index contributed by atoms with van der Waals surface area (Å²) in [6, 6.07) is 8.82. The molecule has 0 unspecified atom stereocenters. The Balaban J connectivity index is 2.33. The van der Waals surface area contributed by atoms with Gasteiger partial charge in [-0.1, -0.05) is 29.8 Å². The highest BCUT2D eigenvalue weighted by Crippen LogP contribution is 2.21. The van der Waals surface area contributed by atoms with E-state index < -0.39 is 5.91 Å². The molecule has 0 fully saturated rings. The highest BCUT2D eigenvalue weighted by molar-refractivity contribution is 6.29. The molecule has 0 atom stereocenters. The molecular weight excluding hydrogens is 266 g/mol. The van der Waals surface area contributed by atoms with Crippen molar-refractivity contribution >= 4 is 28.4 Å². The number of rotatable bonds is 2. The number of primary amides is 1. The quantitative estimate of drug-likeness (QED) is 0.718. The van der Waals surface area contributed by atoms with E-state index in [0.29, 0.717) is 16.4 Å². The number of nitrogens with zero attached hydrogens (tertiary/aromatic N) is 4. The lowest BCUT2D eigenvalue weighted by Crippen LogP contribution is -2.12. The molecule has 6 nitrogen and oxygen atoms in total. The van der Waals surface area contributed by atoms with Crippen LogP contribution in [0.1, 0.15) is 10.5 Å². The van der Waals surface area contributed by atoms with Crippen LogP contribution < -0.4 is 5.73 Å². The summed E-state index contributed by atoms with van der Waals surface area (Å²) in [4.78, 5) is 19.3. The lowest BCUT2D eigenvalue weighted by molar-refractivity contribution is 0.0996. The largest absolute Gasteiger partial charge is 0.364 e. The summed E-state index contributed by atoms with van der Waals surface area (Å²) < 4.78 is 1.52. The molecule has 3 rings (SSSR count). The number of aromatic nitrogens is 4. The first-order valence-electron chi connectivity index (χ1n) is 5.42. The number of benzene rings is 1. The average molecular weight is 274 g/mol. The number of fused-ring (bicyclic) bond motifs is 1. The first-order chi connectivity index (χ1) is 9.16. The third-order valence-corrected chi connectivity index (χ3v) is 2.86. The standard InChI is InChI=1S/C12H8ClN5O/c13-9-5-10(16-6-15-9)18-8-4-2-1-3-7(8)11(17-18)12(14)19/h1-6H,(H2,14,19). The third-order valence-electron chi connectivity index (χ3n) is 2.66. The summed E-state index contributed by atoms with van der Waals surface area (Å²) in [5, 5.41) is 5.16. The number of carbonyl (C=O) groups excluding carboxylic acids is 1. The van der Waals surface area contributed by atoms with Gasteiger partial charge in [-0.25, -0.2) is 14.6 Å². The number of carbonyl (C=O) groups is 1. The smallest absolute Gasteiger partial charge is 0.269 e. The minimum absolute atomic E-state index is 0.199. The second-order valence-corrected chi connectivity index (χ2v) is 4.23. The minimum Gasteiger partial charge on any atom is -0.364 e. The van der Waals surface area contributed by atoms with Gasteiger partial charge < -0.3 is 5.73 Å². The molecule has 2 N–H and O–H groups in total. The average Bonchev–Trinajstić information content (AvgIpc) is 2.78. The van der Waals surface area contributed by atoms with Crippen LogP contribution in [0.25, 0.3) is 16.7 Å². The number of hydrogen-bond donors (Lipinski definition) is 1. The maximum absolute atomic E-state index is 11.4. The number of hydrogen-bond acceptors (Lipinski definition) is 4. The summed E-state index contributed by atoms with van der Waals surface area (Å²) in [5.74, 6) is -0.112. The molecule has 7 heteroatoms. The van der Waals surface area contributed by atoms with Crippen molar-refractivity contribution < 1.29 is 4.79 Å². The zero-order valence-electron chi connectivity index (χ0n) is 9.62. The molecule has 0 aliphatic rings. The van der Waals surface area contributed by atoms with Crippen molar-refractivity contribution in [1.82, 2.24) is 19.7 Å². The van der Waals surface area contributed by atoms with Crippen LogP contribution in [0.4, 0.5) is 0 Å². The van der Waals surface area contributed by atoms with Gasteiger partial charge in [0.05, 0.1) is 5.52 Å². The van der Waals surface area contributed by atoms with Crippen LogP contribution in [-0.4, -0.2) is 25.7 Å². The number of nitrogens with two attached hydrogens (primary N) is 1. The molecule has 0 saturated carbocycles. The summed E-state index contributed by atoms with van der Waals surface area (Å²) in [5.41, 5.74) is 6.25. The van der Waals surface area contributed by atoms with E-state index in [0.717, 1.165) is 5.52 Å². The summed E-state index contributed by atoms with van der Waals surface area (Å²) >= 11 is 5.83. The third kappa shape index (κ3) is 1.92. The first-order valence-corrected chi connectivity index (χ1v) is 5.80. The fourth-order valence-electron chi connectivity index (χ4n) is 1.86. The van der Waals surface area contributed by atoms with Crippen LogP contribution in [0.2, 0.25) is 5.15 Å². The van der Waals surface area contributed by atoms with E-state index in [2.05, 4.69) is 15.1 Å². The van der Waals surface area contributed by atoms with Gasteiger partial charge in [0.2, 0.25) is 0 Å². The Labute approximate surface area is 112 Å². The van der Waals surface area contributed by atoms with Crippen molar-refractivity contribution in [3.63, 3.8) is 0 Å². The van der Waals surface area contributed by atoms with Crippen molar-refractivity contribution in [2.75, 3.05) is 0 Å². The van der Waals surface area contributed by atoms with E-state index >= 15 is 0 Å². The second-order valence-electron chi connectivity index (χ2n) is 3.84. The van der Waals surface area contributed by atoms with Gasteiger partial charge in [0, 0.05) is 11.5 Å². The van der Waals surface area contributed by atoms with E-state index in [9.17, 15) is 4.79 Å². The van der Waals surface area contributed by atoms with Gasteiger partial charge >= 0.3 is 0 Å². The van der Waals surface area contributed by atoms with Crippen LogP contribution in [0, 0.1) is 0 Å². The molecule has 1 aromatic carbocycles. The van der Waals surface area contributed by atoms with E-state index in [1.165, 1.54) is 11.0 Å². The van der Waals surface area contributed by atoms with Gasteiger partial charge in [0.1, 0.15) is 11.5 Å². The fraction of sp³-hybridized carbons (Fsp3) is 0. The molecule has 94 valence electrons. The van der Waals surface area contributed by atoms with Gasteiger partial charge in [0.15, 0.2) is 11.5 Å². The lowest BCUT2D eigenvalue weighted by atomic mass is 10.2. The lowest BCUT2D eigenvalue weighted by Gasteiger charge is -2.01. The van der Waals surface area contributed by atoms with Crippen molar-refractivity contribution in [2.24, 2.45) is 5.73 Å². The van der Waals surface area contributed by atoms with E-state index in [4.69, 9.17) is 17.3 Å². The van der Waals surface area contributed by atoms with Gasteiger partial charge in [-0.3, -0.25) is 4.79 Å². The van der Waals surface area contributed by atoms with Crippen LogP contribution in [0.3, 0.4) is 0 Å². The zero-order chi connectivity index (χ0) is 13.4. The Bertz CT molecular complexity index is 783. The molecule has 0 saturated heterocycles. The molecular formula is C12H8ClN5O. The van der Waals surface area contributed by atoms with Crippen LogP contribution in [0.15, 0.2) is 36.7 Å². The molecule has 0 radical (unpaired) electrons. The first kappa shape index (κ1) is 11.6. The number of amides is 1. The maximum Gasteiger partial charge on any atom is 0.269 e. The van der Waals surface area contributed by atoms with Crippen LogP contribution in [0.5, 0.6) is 0 Å². The highest BCUT2D eigenvalue weighted by atomic mass is 35.5.